The molecule has 0 atom stereocenters. The molecule has 0 heterocycles. The third-order valence-corrected chi connectivity index (χ3v) is 4.95. The van der Waals surface area contributed by atoms with E-state index in [0.29, 0.717) is 16.9 Å². The van der Waals surface area contributed by atoms with E-state index in [1.807, 2.05) is 6.07 Å². The molecule has 0 amide bonds. The lowest BCUT2D eigenvalue weighted by Gasteiger charge is -2.50. The Bertz CT molecular complexity index is 432. The largest absolute Gasteiger partial charge is 0.316 e. The van der Waals surface area contributed by atoms with Gasteiger partial charge in [-0.2, -0.15) is 0 Å². The monoisotopic (exact) mass is 297 g/mol. The van der Waals surface area contributed by atoms with Gasteiger partial charge in [0.05, 0.1) is 0 Å². The van der Waals surface area contributed by atoms with Crippen LogP contribution >= 0.6 is 11.6 Å². The maximum atomic E-state index is 14.3. The smallest absolute Gasteiger partial charge is 0.128 e. The van der Waals surface area contributed by atoms with Crippen LogP contribution in [0.1, 0.15) is 45.6 Å². The van der Waals surface area contributed by atoms with Crippen molar-refractivity contribution < 1.29 is 4.39 Å². The van der Waals surface area contributed by atoms with E-state index >= 15 is 0 Å². The molecule has 1 N–H and O–H groups in total. The lowest BCUT2D eigenvalue weighted by atomic mass is 9.55. The summed E-state index contributed by atoms with van der Waals surface area (Å²) in [5, 5.41) is 4.04. The average molecular weight is 298 g/mol. The van der Waals surface area contributed by atoms with E-state index in [0.717, 1.165) is 37.9 Å². The number of halogens is 2. The first-order valence-electron chi connectivity index (χ1n) is 7.65. The second-order valence-corrected chi connectivity index (χ2v) is 6.87. The highest BCUT2D eigenvalue weighted by atomic mass is 35.5. The van der Waals surface area contributed by atoms with E-state index in [9.17, 15) is 4.39 Å². The lowest BCUT2D eigenvalue weighted by molar-refractivity contribution is 0.0947. The highest BCUT2D eigenvalue weighted by molar-refractivity contribution is 6.31. The van der Waals surface area contributed by atoms with Gasteiger partial charge in [0.1, 0.15) is 5.82 Å². The van der Waals surface area contributed by atoms with Crippen LogP contribution in [0, 0.1) is 17.7 Å². The molecule has 1 saturated carbocycles. The quantitative estimate of drug-likeness (QED) is 0.745. The molecule has 1 fully saturated rings. The third kappa shape index (κ3) is 3.01. The highest BCUT2D eigenvalue weighted by Gasteiger charge is 2.48. The zero-order chi connectivity index (χ0) is 14.8. The minimum absolute atomic E-state index is 0.119. The topological polar surface area (TPSA) is 12.0 Å². The van der Waals surface area contributed by atoms with Crippen molar-refractivity contribution in [2.75, 3.05) is 13.1 Å². The van der Waals surface area contributed by atoms with Crippen LogP contribution in [-0.2, 0) is 5.41 Å². The van der Waals surface area contributed by atoms with Gasteiger partial charge in [-0.15, -0.1) is 0 Å². The molecule has 2 rings (SSSR count). The van der Waals surface area contributed by atoms with Gasteiger partial charge in [0.2, 0.25) is 0 Å². The molecule has 112 valence electrons. The zero-order valence-corrected chi connectivity index (χ0v) is 13.4. The molecule has 0 radical (unpaired) electrons. The van der Waals surface area contributed by atoms with Crippen molar-refractivity contribution in [3.05, 3.63) is 34.6 Å². The van der Waals surface area contributed by atoms with Crippen LogP contribution in [0.3, 0.4) is 0 Å². The van der Waals surface area contributed by atoms with Crippen LogP contribution in [0.4, 0.5) is 4.39 Å². The predicted molar refractivity (Wildman–Crippen MR) is 83.8 cm³/mol. The second-order valence-electron chi connectivity index (χ2n) is 6.47. The minimum atomic E-state index is -0.155. The van der Waals surface area contributed by atoms with Gasteiger partial charge in [-0.05, 0) is 49.8 Å². The summed E-state index contributed by atoms with van der Waals surface area (Å²) in [6.45, 7) is 8.44. The molecule has 3 heteroatoms. The molecule has 0 unspecified atom stereocenters. The molecule has 0 saturated heterocycles. The Morgan fingerprint density at radius 1 is 1.40 bits per heavy atom. The van der Waals surface area contributed by atoms with E-state index in [4.69, 9.17) is 11.6 Å². The number of hydrogen-bond donors (Lipinski definition) is 1. The summed E-state index contributed by atoms with van der Waals surface area (Å²) in [6, 6.07) is 5.03. The van der Waals surface area contributed by atoms with Crippen molar-refractivity contribution in [3.8, 4) is 0 Å². The molecule has 0 spiro atoms. The van der Waals surface area contributed by atoms with E-state index in [-0.39, 0.29) is 11.2 Å². The SMILES string of the molecule is CCCNCC1(c2c(F)cccc2Cl)CC(C(C)C)C1. The van der Waals surface area contributed by atoms with Crippen molar-refractivity contribution in [1.82, 2.24) is 5.32 Å². The fourth-order valence-corrected chi connectivity index (χ4v) is 3.72. The van der Waals surface area contributed by atoms with Crippen LogP contribution in [0.2, 0.25) is 5.02 Å². The lowest BCUT2D eigenvalue weighted by Crippen LogP contribution is -2.50. The molecular formula is C17H25ClFN. The summed E-state index contributed by atoms with van der Waals surface area (Å²) in [4.78, 5) is 0. The maximum Gasteiger partial charge on any atom is 0.128 e. The summed E-state index contributed by atoms with van der Waals surface area (Å²) in [5.74, 6) is 1.17. The molecule has 0 bridgehead atoms. The summed E-state index contributed by atoms with van der Waals surface area (Å²) in [6.07, 6.45) is 3.15. The molecule has 0 aromatic heterocycles. The Hall–Kier alpha value is -0.600. The summed E-state index contributed by atoms with van der Waals surface area (Å²) >= 11 is 6.30. The van der Waals surface area contributed by atoms with Gasteiger partial charge in [-0.3, -0.25) is 0 Å². The van der Waals surface area contributed by atoms with E-state index in [1.165, 1.54) is 6.07 Å². The molecule has 1 aromatic rings. The summed E-state index contributed by atoms with van der Waals surface area (Å²) in [5.41, 5.74) is 0.606. The van der Waals surface area contributed by atoms with Crippen molar-refractivity contribution in [1.29, 1.82) is 0 Å². The fraction of sp³-hybridized carbons (Fsp3) is 0.647. The van der Waals surface area contributed by atoms with Crippen LogP contribution < -0.4 is 5.32 Å². The third-order valence-electron chi connectivity index (χ3n) is 4.63. The molecule has 1 aromatic carbocycles. The summed E-state index contributed by atoms with van der Waals surface area (Å²) < 4.78 is 14.3. The zero-order valence-electron chi connectivity index (χ0n) is 12.7. The highest BCUT2D eigenvalue weighted by Crippen LogP contribution is 2.52. The van der Waals surface area contributed by atoms with Gasteiger partial charge in [0.15, 0.2) is 0 Å². The van der Waals surface area contributed by atoms with Crippen molar-refractivity contribution in [2.45, 2.75) is 45.4 Å². The Kier molecular flexibility index (Phi) is 5.09. The van der Waals surface area contributed by atoms with E-state index < -0.39 is 0 Å². The van der Waals surface area contributed by atoms with Crippen LogP contribution in [0.5, 0.6) is 0 Å². The Balaban J connectivity index is 2.24. The Labute approximate surface area is 126 Å². The summed E-state index contributed by atoms with van der Waals surface area (Å²) in [7, 11) is 0. The molecule has 1 aliphatic carbocycles. The standard InChI is InChI=1S/C17H25ClFN/c1-4-8-20-11-17(9-13(10-17)12(2)3)16-14(18)6-5-7-15(16)19/h5-7,12-13,20H,4,8-11H2,1-3H3. The second kappa shape index (κ2) is 6.44. The average Bonchev–Trinajstić information content (AvgIpc) is 2.33. The van der Waals surface area contributed by atoms with Crippen LogP contribution in [0.15, 0.2) is 18.2 Å². The number of nitrogens with one attached hydrogen (secondary N) is 1. The van der Waals surface area contributed by atoms with Gasteiger partial charge in [0, 0.05) is 22.5 Å². The van der Waals surface area contributed by atoms with Gasteiger partial charge in [0.25, 0.3) is 0 Å². The minimum Gasteiger partial charge on any atom is -0.316 e. The van der Waals surface area contributed by atoms with Gasteiger partial charge in [-0.1, -0.05) is 38.4 Å². The van der Waals surface area contributed by atoms with E-state index in [1.54, 1.807) is 6.07 Å². The normalized spacial score (nSPS) is 25.8. The first-order valence-corrected chi connectivity index (χ1v) is 8.03. The fourth-order valence-electron chi connectivity index (χ4n) is 3.36. The first kappa shape index (κ1) is 15.8. The number of rotatable bonds is 6. The molecule has 0 aliphatic heterocycles. The molecule has 20 heavy (non-hydrogen) atoms. The van der Waals surface area contributed by atoms with Crippen molar-refractivity contribution in [3.63, 3.8) is 0 Å². The molecule has 1 aliphatic rings. The van der Waals surface area contributed by atoms with Gasteiger partial charge in [-0.25, -0.2) is 4.39 Å². The predicted octanol–water partition coefficient (Wildman–Crippen LogP) is 4.78. The molecule has 1 nitrogen and oxygen atoms in total. The van der Waals surface area contributed by atoms with Crippen molar-refractivity contribution in [2.24, 2.45) is 11.8 Å². The Morgan fingerprint density at radius 2 is 2.10 bits per heavy atom. The number of hydrogen-bond acceptors (Lipinski definition) is 1. The number of benzene rings is 1. The van der Waals surface area contributed by atoms with Gasteiger partial charge < -0.3 is 5.32 Å². The van der Waals surface area contributed by atoms with Gasteiger partial charge >= 0.3 is 0 Å². The van der Waals surface area contributed by atoms with Crippen LogP contribution in [0.25, 0.3) is 0 Å². The van der Waals surface area contributed by atoms with Crippen molar-refractivity contribution >= 4 is 11.6 Å². The maximum absolute atomic E-state index is 14.3. The van der Waals surface area contributed by atoms with E-state index in [2.05, 4.69) is 26.1 Å². The Morgan fingerprint density at radius 3 is 2.65 bits per heavy atom. The van der Waals surface area contributed by atoms with Crippen LogP contribution in [-0.4, -0.2) is 13.1 Å². The first-order chi connectivity index (χ1) is 9.50. The molecular weight excluding hydrogens is 273 g/mol.